The molecule has 1 saturated heterocycles. The molecular formula is C8H15NO3. The predicted octanol–water partition coefficient (Wildman–Crippen LogP) is 0.357. The van der Waals surface area contributed by atoms with Gasteiger partial charge in [-0.1, -0.05) is 0 Å². The summed E-state index contributed by atoms with van der Waals surface area (Å²) in [4.78, 5) is 10.5. The van der Waals surface area contributed by atoms with Crippen LogP contribution in [0.4, 0.5) is 0 Å². The van der Waals surface area contributed by atoms with Gasteiger partial charge in [0.25, 0.3) is 0 Å². The topological polar surface area (TPSA) is 72.6 Å². The Balaban J connectivity index is 2.21. The molecule has 0 bridgehead atoms. The Morgan fingerprint density at radius 1 is 1.58 bits per heavy atom. The average molecular weight is 173 g/mol. The van der Waals surface area contributed by atoms with Crippen molar-refractivity contribution >= 4 is 5.97 Å². The standard InChI is InChI=1S/C8H15NO3/c9-5-1-2-6-3-4-7(12-6)8(10)11/h6-7H,1-5,9H2,(H,10,11). The molecule has 0 aliphatic carbocycles. The summed E-state index contributed by atoms with van der Waals surface area (Å²) < 4.78 is 5.27. The lowest BCUT2D eigenvalue weighted by Gasteiger charge is -2.09. The highest BCUT2D eigenvalue weighted by atomic mass is 16.5. The second-order valence-electron chi connectivity index (χ2n) is 3.09. The number of hydrogen-bond acceptors (Lipinski definition) is 3. The zero-order valence-corrected chi connectivity index (χ0v) is 7.03. The Kier molecular flexibility index (Phi) is 3.49. The van der Waals surface area contributed by atoms with Crippen LogP contribution in [0.15, 0.2) is 0 Å². The van der Waals surface area contributed by atoms with E-state index < -0.39 is 12.1 Å². The number of carboxylic acids is 1. The van der Waals surface area contributed by atoms with Gasteiger partial charge in [0.1, 0.15) is 0 Å². The summed E-state index contributed by atoms with van der Waals surface area (Å²) in [7, 11) is 0. The first-order valence-corrected chi connectivity index (χ1v) is 4.32. The number of hydrogen-bond donors (Lipinski definition) is 2. The normalized spacial score (nSPS) is 29.1. The highest BCUT2D eigenvalue weighted by Crippen LogP contribution is 2.22. The maximum atomic E-state index is 10.5. The smallest absolute Gasteiger partial charge is 0.332 e. The Morgan fingerprint density at radius 3 is 2.83 bits per heavy atom. The monoisotopic (exact) mass is 173 g/mol. The van der Waals surface area contributed by atoms with Crippen LogP contribution in [0.25, 0.3) is 0 Å². The van der Waals surface area contributed by atoms with E-state index in [-0.39, 0.29) is 6.10 Å². The van der Waals surface area contributed by atoms with E-state index in [4.69, 9.17) is 15.6 Å². The molecule has 4 nitrogen and oxygen atoms in total. The van der Waals surface area contributed by atoms with Crippen molar-refractivity contribution in [2.45, 2.75) is 37.9 Å². The summed E-state index contributed by atoms with van der Waals surface area (Å²) in [5, 5.41) is 8.61. The van der Waals surface area contributed by atoms with Crippen LogP contribution in [0, 0.1) is 0 Å². The molecule has 70 valence electrons. The third-order valence-corrected chi connectivity index (χ3v) is 2.11. The molecule has 1 heterocycles. The predicted molar refractivity (Wildman–Crippen MR) is 43.8 cm³/mol. The Labute approximate surface area is 71.7 Å². The summed E-state index contributed by atoms with van der Waals surface area (Å²) >= 11 is 0. The van der Waals surface area contributed by atoms with Crippen molar-refractivity contribution in [3.05, 3.63) is 0 Å². The lowest BCUT2D eigenvalue weighted by atomic mass is 10.1. The molecule has 0 saturated carbocycles. The van der Waals surface area contributed by atoms with Gasteiger partial charge in [0.15, 0.2) is 6.10 Å². The van der Waals surface area contributed by atoms with Crippen LogP contribution in [0.5, 0.6) is 0 Å². The lowest BCUT2D eigenvalue weighted by molar-refractivity contribution is -0.149. The van der Waals surface area contributed by atoms with Gasteiger partial charge in [-0.2, -0.15) is 0 Å². The molecule has 4 heteroatoms. The molecule has 0 aromatic rings. The molecule has 2 unspecified atom stereocenters. The number of carboxylic acid groups (broad SMARTS) is 1. The van der Waals surface area contributed by atoms with Gasteiger partial charge < -0.3 is 15.6 Å². The van der Waals surface area contributed by atoms with Crippen LogP contribution in [0.1, 0.15) is 25.7 Å². The molecule has 3 N–H and O–H groups in total. The number of aliphatic carboxylic acids is 1. The van der Waals surface area contributed by atoms with Crippen molar-refractivity contribution in [1.82, 2.24) is 0 Å². The van der Waals surface area contributed by atoms with E-state index in [1.165, 1.54) is 0 Å². The van der Waals surface area contributed by atoms with Gasteiger partial charge in [-0.05, 0) is 32.2 Å². The number of ether oxygens (including phenoxy) is 1. The first-order valence-electron chi connectivity index (χ1n) is 4.32. The minimum Gasteiger partial charge on any atom is -0.479 e. The summed E-state index contributed by atoms with van der Waals surface area (Å²) in [5.41, 5.74) is 5.33. The third-order valence-electron chi connectivity index (χ3n) is 2.11. The molecule has 0 spiro atoms. The van der Waals surface area contributed by atoms with Gasteiger partial charge in [0, 0.05) is 0 Å². The fourth-order valence-corrected chi connectivity index (χ4v) is 1.45. The summed E-state index contributed by atoms with van der Waals surface area (Å²) in [6, 6.07) is 0. The number of rotatable bonds is 4. The van der Waals surface area contributed by atoms with Crippen LogP contribution >= 0.6 is 0 Å². The van der Waals surface area contributed by atoms with E-state index >= 15 is 0 Å². The second-order valence-corrected chi connectivity index (χ2v) is 3.09. The van der Waals surface area contributed by atoms with Gasteiger partial charge in [-0.3, -0.25) is 0 Å². The van der Waals surface area contributed by atoms with E-state index in [2.05, 4.69) is 0 Å². The van der Waals surface area contributed by atoms with E-state index in [1.54, 1.807) is 0 Å². The maximum absolute atomic E-state index is 10.5. The maximum Gasteiger partial charge on any atom is 0.332 e. The number of nitrogens with two attached hydrogens (primary N) is 1. The van der Waals surface area contributed by atoms with Crippen LogP contribution in [0.3, 0.4) is 0 Å². The van der Waals surface area contributed by atoms with Crippen LogP contribution in [-0.2, 0) is 9.53 Å². The third kappa shape index (κ3) is 2.46. The molecular weight excluding hydrogens is 158 g/mol. The zero-order valence-electron chi connectivity index (χ0n) is 7.03. The highest BCUT2D eigenvalue weighted by Gasteiger charge is 2.29. The van der Waals surface area contributed by atoms with Gasteiger partial charge in [0.2, 0.25) is 0 Å². The first-order chi connectivity index (χ1) is 5.74. The Bertz CT molecular complexity index is 160. The largest absolute Gasteiger partial charge is 0.479 e. The quantitative estimate of drug-likeness (QED) is 0.643. The molecule has 1 aliphatic heterocycles. The molecule has 1 fully saturated rings. The van der Waals surface area contributed by atoms with Crippen LogP contribution in [-0.4, -0.2) is 29.8 Å². The molecule has 0 radical (unpaired) electrons. The van der Waals surface area contributed by atoms with Crippen molar-refractivity contribution < 1.29 is 14.6 Å². The van der Waals surface area contributed by atoms with E-state index in [0.29, 0.717) is 13.0 Å². The Morgan fingerprint density at radius 2 is 2.33 bits per heavy atom. The van der Waals surface area contributed by atoms with E-state index in [0.717, 1.165) is 19.3 Å². The van der Waals surface area contributed by atoms with Crippen molar-refractivity contribution in [1.29, 1.82) is 0 Å². The van der Waals surface area contributed by atoms with Gasteiger partial charge >= 0.3 is 5.97 Å². The summed E-state index contributed by atoms with van der Waals surface area (Å²) in [5.74, 6) is -0.842. The SMILES string of the molecule is NCCCC1CCC(C(=O)O)O1. The van der Waals surface area contributed by atoms with Gasteiger partial charge in [-0.25, -0.2) is 4.79 Å². The van der Waals surface area contributed by atoms with E-state index in [9.17, 15) is 4.79 Å². The van der Waals surface area contributed by atoms with Crippen molar-refractivity contribution in [3.63, 3.8) is 0 Å². The second kappa shape index (κ2) is 4.42. The first kappa shape index (κ1) is 9.48. The average Bonchev–Trinajstić information content (AvgIpc) is 2.48. The van der Waals surface area contributed by atoms with Gasteiger partial charge in [-0.15, -0.1) is 0 Å². The van der Waals surface area contributed by atoms with Crippen molar-refractivity contribution in [3.8, 4) is 0 Å². The lowest BCUT2D eigenvalue weighted by Crippen LogP contribution is -2.20. The molecule has 1 rings (SSSR count). The summed E-state index contributed by atoms with van der Waals surface area (Å²) in [6.45, 7) is 0.650. The zero-order chi connectivity index (χ0) is 8.97. The fraction of sp³-hybridized carbons (Fsp3) is 0.875. The van der Waals surface area contributed by atoms with E-state index in [1.807, 2.05) is 0 Å². The summed E-state index contributed by atoms with van der Waals surface area (Å²) in [6.07, 6.45) is 2.85. The molecule has 0 amide bonds. The molecule has 0 aromatic carbocycles. The van der Waals surface area contributed by atoms with Gasteiger partial charge in [0.05, 0.1) is 6.10 Å². The van der Waals surface area contributed by atoms with Crippen molar-refractivity contribution in [2.24, 2.45) is 5.73 Å². The number of carbonyl (C=O) groups is 1. The van der Waals surface area contributed by atoms with Crippen molar-refractivity contribution in [2.75, 3.05) is 6.54 Å². The molecule has 2 atom stereocenters. The van der Waals surface area contributed by atoms with Crippen LogP contribution < -0.4 is 5.73 Å². The minimum atomic E-state index is -0.842. The molecule has 12 heavy (non-hydrogen) atoms. The Hall–Kier alpha value is -0.610. The molecule has 0 aromatic heterocycles. The van der Waals surface area contributed by atoms with Crippen LogP contribution in [0.2, 0.25) is 0 Å². The minimum absolute atomic E-state index is 0.120. The fourth-order valence-electron chi connectivity index (χ4n) is 1.45. The highest BCUT2D eigenvalue weighted by molar-refractivity contribution is 5.72. The molecule has 1 aliphatic rings.